The summed E-state index contributed by atoms with van der Waals surface area (Å²) < 4.78 is 2.53. The second-order valence-electron chi connectivity index (χ2n) is 4.89. The Kier molecular flexibility index (Phi) is 2.41. The fraction of sp³-hybridized carbons (Fsp3) is 1.00. The van der Waals surface area contributed by atoms with Crippen LogP contribution in [-0.4, -0.2) is 15.7 Å². The minimum Gasteiger partial charge on any atom is -0.244 e. The van der Waals surface area contributed by atoms with Crippen LogP contribution in [0.3, 0.4) is 0 Å². The molecule has 1 heterocycles. The lowest BCUT2D eigenvalue weighted by Gasteiger charge is -2.38. The van der Waals surface area contributed by atoms with Crippen molar-refractivity contribution in [2.24, 2.45) is 11.3 Å². The van der Waals surface area contributed by atoms with Gasteiger partial charge in [0.25, 0.3) is 0 Å². The molecule has 1 unspecified atom stereocenters. The summed E-state index contributed by atoms with van der Waals surface area (Å²) in [4.78, 5) is 0. The molecule has 0 radical (unpaired) electrons. The average Bonchev–Trinajstić information content (AvgIpc) is 2.76. The van der Waals surface area contributed by atoms with Gasteiger partial charge < -0.3 is 0 Å². The second kappa shape index (κ2) is 3.12. The smallest absolute Gasteiger partial charge is 0.0222 e. The Balaban J connectivity index is 2.00. The molecular formula is C10H18IN. The highest BCUT2D eigenvalue weighted by molar-refractivity contribution is 14.1. The number of halogens is 1. The molecule has 1 spiro atoms. The summed E-state index contributed by atoms with van der Waals surface area (Å²) in [5.74, 6) is 0.833. The van der Waals surface area contributed by atoms with Crippen molar-refractivity contribution in [3.63, 3.8) is 0 Å². The van der Waals surface area contributed by atoms with Crippen LogP contribution in [0.2, 0.25) is 0 Å². The van der Waals surface area contributed by atoms with Crippen LogP contribution in [-0.2, 0) is 0 Å². The number of hydrogen-bond acceptors (Lipinski definition) is 1. The second-order valence-corrected chi connectivity index (χ2v) is 6.13. The molecule has 2 aliphatic rings. The Bertz CT molecular complexity index is 175. The molecule has 1 nitrogen and oxygen atoms in total. The molecule has 12 heavy (non-hydrogen) atoms. The molecule has 0 bridgehead atoms. The van der Waals surface area contributed by atoms with Gasteiger partial charge in [0.15, 0.2) is 0 Å². The molecule has 0 aromatic rings. The zero-order chi connectivity index (χ0) is 8.77. The Morgan fingerprint density at radius 1 is 1.33 bits per heavy atom. The van der Waals surface area contributed by atoms with E-state index in [9.17, 15) is 0 Å². The van der Waals surface area contributed by atoms with Crippen LogP contribution < -0.4 is 0 Å². The van der Waals surface area contributed by atoms with E-state index in [2.05, 4.69) is 39.8 Å². The summed E-state index contributed by atoms with van der Waals surface area (Å²) in [5, 5.41) is 0. The minimum absolute atomic E-state index is 0.816. The molecule has 2 rings (SSSR count). The minimum atomic E-state index is 0.816. The zero-order valence-electron chi connectivity index (χ0n) is 8.02. The van der Waals surface area contributed by atoms with Gasteiger partial charge in [-0.15, -0.1) is 0 Å². The predicted molar refractivity (Wildman–Crippen MR) is 60.3 cm³/mol. The van der Waals surface area contributed by atoms with Crippen molar-refractivity contribution in [1.29, 1.82) is 0 Å². The molecule has 1 saturated carbocycles. The normalized spacial score (nSPS) is 34.5. The topological polar surface area (TPSA) is 3.24 Å². The lowest BCUT2D eigenvalue weighted by molar-refractivity contribution is 0.172. The van der Waals surface area contributed by atoms with E-state index in [-0.39, 0.29) is 0 Å². The van der Waals surface area contributed by atoms with E-state index in [1.807, 2.05) is 0 Å². The maximum absolute atomic E-state index is 2.53. The summed E-state index contributed by atoms with van der Waals surface area (Å²) in [7, 11) is 0. The van der Waals surface area contributed by atoms with Gasteiger partial charge in [-0.2, -0.15) is 0 Å². The standard InChI is InChI=1S/C10H18IN/c1-8(2)9-7-10(3-4-10)5-6-12(9)11/h8-9H,3-7H2,1-2H3. The molecule has 70 valence electrons. The Labute approximate surface area is 89.4 Å². The van der Waals surface area contributed by atoms with E-state index < -0.39 is 0 Å². The van der Waals surface area contributed by atoms with Crippen molar-refractivity contribution in [2.45, 2.75) is 45.6 Å². The summed E-state index contributed by atoms with van der Waals surface area (Å²) >= 11 is 2.51. The Morgan fingerprint density at radius 2 is 2.00 bits per heavy atom. The van der Waals surface area contributed by atoms with Crippen molar-refractivity contribution in [2.75, 3.05) is 6.54 Å². The zero-order valence-corrected chi connectivity index (χ0v) is 10.2. The predicted octanol–water partition coefficient (Wildman–Crippen LogP) is 3.24. The monoisotopic (exact) mass is 279 g/mol. The summed E-state index contributed by atoms with van der Waals surface area (Å²) in [5.41, 5.74) is 0.816. The fourth-order valence-electron chi connectivity index (χ4n) is 2.34. The van der Waals surface area contributed by atoms with Crippen LogP contribution in [0, 0.1) is 11.3 Å². The molecule has 2 heteroatoms. The van der Waals surface area contributed by atoms with Crippen molar-refractivity contribution >= 4 is 22.9 Å². The highest BCUT2D eigenvalue weighted by atomic mass is 127. The molecule has 1 aliphatic carbocycles. The molecule has 2 fully saturated rings. The highest BCUT2D eigenvalue weighted by Crippen LogP contribution is 2.56. The van der Waals surface area contributed by atoms with E-state index >= 15 is 0 Å². The first-order valence-corrected chi connectivity index (χ1v) is 6.02. The molecule has 1 aliphatic heterocycles. The lowest BCUT2D eigenvalue weighted by atomic mass is 9.85. The third kappa shape index (κ3) is 1.65. The van der Waals surface area contributed by atoms with Crippen molar-refractivity contribution in [3.8, 4) is 0 Å². The van der Waals surface area contributed by atoms with Crippen LogP contribution in [0.4, 0.5) is 0 Å². The van der Waals surface area contributed by atoms with E-state index in [1.54, 1.807) is 0 Å². The summed E-state index contributed by atoms with van der Waals surface area (Å²) in [6, 6.07) is 0.849. The molecular weight excluding hydrogens is 261 g/mol. The number of hydrogen-bond donors (Lipinski definition) is 0. The largest absolute Gasteiger partial charge is 0.244 e. The summed E-state index contributed by atoms with van der Waals surface area (Å²) in [6.07, 6.45) is 5.95. The average molecular weight is 279 g/mol. The van der Waals surface area contributed by atoms with Gasteiger partial charge in [-0.1, -0.05) is 13.8 Å². The van der Waals surface area contributed by atoms with Gasteiger partial charge in [0, 0.05) is 35.5 Å². The Hall–Kier alpha value is 0.690. The van der Waals surface area contributed by atoms with Gasteiger partial charge in [0.05, 0.1) is 0 Å². The first-order chi connectivity index (χ1) is 5.63. The highest BCUT2D eigenvalue weighted by Gasteiger charge is 2.48. The van der Waals surface area contributed by atoms with Crippen LogP contribution in [0.25, 0.3) is 0 Å². The van der Waals surface area contributed by atoms with Crippen LogP contribution >= 0.6 is 22.9 Å². The number of rotatable bonds is 1. The molecule has 1 saturated heterocycles. The maximum Gasteiger partial charge on any atom is 0.0222 e. The van der Waals surface area contributed by atoms with Crippen LogP contribution in [0.5, 0.6) is 0 Å². The molecule has 0 aromatic carbocycles. The molecule has 0 N–H and O–H groups in total. The first kappa shape index (κ1) is 9.25. The lowest BCUT2D eigenvalue weighted by Crippen LogP contribution is -2.40. The third-order valence-corrected chi connectivity index (χ3v) is 4.78. The van der Waals surface area contributed by atoms with E-state index in [0.29, 0.717) is 0 Å². The van der Waals surface area contributed by atoms with Gasteiger partial charge in [0.2, 0.25) is 0 Å². The van der Waals surface area contributed by atoms with Gasteiger partial charge in [-0.25, -0.2) is 3.11 Å². The van der Waals surface area contributed by atoms with Crippen LogP contribution in [0.1, 0.15) is 39.5 Å². The molecule has 0 amide bonds. The van der Waals surface area contributed by atoms with Crippen LogP contribution in [0.15, 0.2) is 0 Å². The summed E-state index contributed by atoms with van der Waals surface area (Å²) in [6.45, 7) is 6.04. The third-order valence-electron chi connectivity index (χ3n) is 3.58. The van der Waals surface area contributed by atoms with Crippen molar-refractivity contribution in [3.05, 3.63) is 0 Å². The van der Waals surface area contributed by atoms with E-state index in [0.717, 1.165) is 17.4 Å². The van der Waals surface area contributed by atoms with Gasteiger partial charge in [-0.3, -0.25) is 0 Å². The number of piperidine rings is 1. The van der Waals surface area contributed by atoms with Crippen molar-refractivity contribution < 1.29 is 0 Å². The van der Waals surface area contributed by atoms with E-state index in [4.69, 9.17) is 0 Å². The quantitative estimate of drug-likeness (QED) is 0.526. The van der Waals surface area contributed by atoms with Crippen molar-refractivity contribution in [1.82, 2.24) is 3.11 Å². The van der Waals surface area contributed by atoms with Gasteiger partial charge in [0.1, 0.15) is 0 Å². The maximum atomic E-state index is 2.53. The first-order valence-electron chi connectivity index (χ1n) is 5.05. The fourth-order valence-corrected chi connectivity index (χ4v) is 3.43. The molecule has 0 aromatic heterocycles. The van der Waals surface area contributed by atoms with Gasteiger partial charge in [-0.05, 0) is 37.0 Å². The molecule has 1 atom stereocenters. The SMILES string of the molecule is CC(C)C1CC2(CCN1I)CC2. The van der Waals surface area contributed by atoms with E-state index in [1.165, 1.54) is 32.2 Å². The number of nitrogens with zero attached hydrogens (tertiary/aromatic N) is 1. The van der Waals surface area contributed by atoms with Gasteiger partial charge >= 0.3 is 0 Å². The Morgan fingerprint density at radius 3 is 2.50 bits per heavy atom.